The summed E-state index contributed by atoms with van der Waals surface area (Å²) < 4.78 is 0. The zero-order valence-corrected chi connectivity index (χ0v) is 18.4. The molecule has 11 nitrogen and oxygen atoms in total. The number of rotatable bonds is 14. The molecule has 1 fully saturated rings. The van der Waals surface area contributed by atoms with Crippen molar-refractivity contribution in [1.82, 2.24) is 21.3 Å². The van der Waals surface area contributed by atoms with Crippen molar-refractivity contribution >= 4 is 23.7 Å². The Labute approximate surface area is 182 Å². The molecular weight excluding hydrogens is 406 g/mol. The van der Waals surface area contributed by atoms with Gasteiger partial charge in [-0.15, -0.1) is 0 Å². The smallest absolute Gasteiger partial charge is 0.326 e. The Morgan fingerprint density at radius 3 is 2.19 bits per heavy atom. The molecule has 1 saturated heterocycles. The second-order valence-corrected chi connectivity index (χ2v) is 8.27. The normalized spacial score (nSPS) is 18.8. The van der Waals surface area contributed by atoms with Crippen molar-refractivity contribution in [2.45, 2.75) is 76.5 Å². The lowest BCUT2D eigenvalue weighted by Gasteiger charge is -2.25. The molecular formula is C20H37N5O6. The molecule has 8 N–H and O–H groups in total. The van der Waals surface area contributed by atoms with E-state index in [9.17, 15) is 29.4 Å². The van der Waals surface area contributed by atoms with Crippen LogP contribution in [0.15, 0.2) is 0 Å². The molecule has 3 amide bonds. The molecule has 1 aliphatic rings. The number of aliphatic carboxylic acids is 1. The Kier molecular flexibility index (Phi) is 12.1. The van der Waals surface area contributed by atoms with Gasteiger partial charge >= 0.3 is 5.97 Å². The standard InChI is InChI=1S/C20H37N5O6/c1-12(2)10-15(24-17(27)13-7-5-9-22-13)18(28)25-16(11-26)19(29)23-14(20(30)31)6-3-4-8-21/h12-16,22,26H,3-11,21H2,1-2H3,(H,23,29)(H,24,27)(H,25,28)(H,30,31). The molecule has 1 aliphatic heterocycles. The summed E-state index contributed by atoms with van der Waals surface area (Å²) >= 11 is 0. The Balaban J connectivity index is 2.74. The number of amides is 3. The van der Waals surface area contributed by atoms with Gasteiger partial charge in [-0.25, -0.2) is 4.79 Å². The number of unbranched alkanes of at least 4 members (excludes halogenated alkanes) is 1. The molecule has 0 saturated carbocycles. The van der Waals surface area contributed by atoms with Crippen LogP contribution >= 0.6 is 0 Å². The lowest BCUT2D eigenvalue weighted by atomic mass is 10.0. The number of aliphatic hydroxyl groups is 1. The SMILES string of the molecule is CC(C)CC(NC(=O)C1CCCN1)C(=O)NC(CO)C(=O)NC(CCCCN)C(=O)O. The lowest BCUT2D eigenvalue weighted by molar-refractivity contribution is -0.142. The summed E-state index contributed by atoms with van der Waals surface area (Å²) in [5.74, 6) is -2.81. The Hall–Kier alpha value is -2.24. The van der Waals surface area contributed by atoms with Crippen LogP contribution in [0.25, 0.3) is 0 Å². The van der Waals surface area contributed by atoms with Crippen LogP contribution in [-0.2, 0) is 19.2 Å². The van der Waals surface area contributed by atoms with Crippen molar-refractivity contribution in [2.75, 3.05) is 19.7 Å². The number of carboxylic acids is 1. The number of carbonyl (C=O) groups excluding carboxylic acids is 3. The quantitative estimate of drug-likeness (QED) is 0.157. The summed E-state index contributed by atoms with van der Waals surface area (Å²) in [5, 5.41) is 29.5. The molecule has 11 heteroatoms. The molecule has 0 spiro atoms. The van der Waals surface area contributed by atoms with Crippen LogP contribution in [0.4, 0.5) is 0 Å². The second kappa shape index (κ2) is 13.9. The molecule has 1 heterocycles. The first-order valence-corrected chi connectivity index (χ1v) is 10.9. The number of carbonyl (C=O) groups is 4. The van der Waals surface area contributed by atoms with E-state index in [0.29, 0.717) is 32.2 Å². The van der Waals surface area contributed by atoms with E-state index in [-0.39, 0.29) is 24.3 Å². The summed E-state index contributed by atoms with van der Waals surface area (Å²) in [5.41, 5.74) is 5.40. The van der Waals surface area contributed by atoms with Crippen molar-refractivity contribution in [1.29, 1.82) is 0 Å². The minimum absolute atomic E-state index is 0.0907. The first-order chi connectivity index (χ1) is 14.7. The number of carboxylic acid groups (broad SMARTS) is 1. The third-order valence-corrected chi connectivity index (χ3v) is 5.09. The van der Waals surface area contributed by atoms with Crippen LogP contribution < -0.4 is 27.0 Å². The third-order valence-electron chi connectivity index (χ3n) is 5.09. The predicted octanol–water partition coefficient (Wildman–Crippen LogP) is -1.56. The van der Waals surface area contributed by atoms with Gasteiger partial charge < -0.3 is 37.2 Å². The van der Waals surface area contributed by atoms with Gasteiger partial charge in [0.15, 0.2) is 0 Å². The number of aliphatic hydroxyl groups excluding tert-OH is 1. The maximum absolute atomic E-state index is 12.8. The van der Waals surface area contributed by atoms with Gasteiger partial charge in [0.2, 0.25) is 17.7 Å². The Bertz CT molecular complexity index is 609. The molecule has 4 atom stereocenters. The molecule has 178 valence electrons. The van der Waals surface area contributed by atoms with E-state index in [4.69, 9.17) is 5.73 Å². The maximum atomic E-state index is 12.8. The highest BCUT2D eigenvalue weighted by molar-refractivity contribution is 5.94. The van der Waals surface area contributed by atoms with Crippen molar-refractivity contribution in [2.24, 2.45) is 11.7 Å². The summed E-state index contributed by atoms with van der Waals surface area (Å²) in [6.45, 7) is 4.24. The number of nitrogens with one attached hydrogen (secondary N) is 4. The highest BCUT2D eigenvalue weighted by atomic mass is 16.4. The number of hydrogen-bond acceptors (Lipinski definition) is 7. The van der Waals surface area contributed by atoms with Gasteiger partial charge in [-0.05, 0) is 57.5 Å². The van der Waals surface area contributed by atoms with E-state index in [1.807, 2.05) is 13.8 Å². The fourth-order valence-electron chi connectivity index (χ4n) is 3.37. The van der Waals surface area contributed by atoms with Crippen LogP contribution in [0.2, 0.25) is 0 Å². The van der Waals surface area contributed by atoms with Gasteiger partial charge in [-0.1, -0.05) is 13.8 Å². The lowest BCUT2D eigenvalue weighted by Crippen LogP contribution is -2.58. The third kappa shape index (κ3) is 9.62. The largest absolute Gasteiger partial charge is 0.480 e. The molecule has 4 unspecified atom stereocenters. The average Bonchev–Trinajstić information content (AvgIpc) is 3.25. The number of hydrogen-bond donors (Lipinski definition) is 7. The van der Waals surface area contributed by atoms with Gasteiger partial charge in [0.1, 0.15) is 18.1 Å². The maximum Gasteiger partial charge on any atom is 0.326 e. The van der Waals surface area contributed by atoms with E-state index < -0.39 is 42.5 Å². The van der Waals surface area contributed by atoms with Gasteiger partial charge in [0.25, 0.3) is 0 Å². The van der Waals surface area contributed by atoms with Crippen molar-refractivity contribution in [3.63, 3.8) is 0 Å². The van der Waals surface area contributed by atoms with E-state index in [1.165, 1.54) is 0 Å². The topological polar surface area (TPSA) is 183 Å². The first-order valence-electron chi connectivity index (χ1n) is 10.9. The molecule has 1 rings (SSSR count). The van der Waals surface area contributed by atoms with Crippen LogP contribution in [-0.4, -0.2) is 77.8 Å². The van der Waals surface area contributed by atoms with Gasteiger partial charge in [0, 0.05) is 0 Å². The Morgan fingerprint density at radius 1 is 1.03 bits per heavy atom. The fraction of sp³-hybridized carbons (Fsp3) is 0.800. The highest BCUT2D eigenvalue weighted by Gasteiger charge is 2.31. The van der Waals surface area contributed by atoms with Crippen LogP contribution in [0.5, 0.6) is 0 Å². The fourth-order valence-corrected chi connectivity index (χ4v) is 3.37. The van der Waals surface area contributed by atoms with Gasteiger partial charge in [-0.3, -0.25) is 14.4 Å². The number of nitrogens with two attached hydrogens (primary N) is 1. The van der Waals surface area contributed by atoms with Crippen molar-refractivity contribution in [3.8, 4) is 0 Å². The predicted molar refractivity (Wildman–Crippen MR) is 114 cm³/mol. The van der Waals surface area contributed by atoms with E-state index in [0.717, 1.165) is 13.0 Å². The minimum atomic E-state index is -1.33. The molecule has 0 aromatic carbocycles. The highest BCUT2D eigenvalue weighted by Crippen LogP contribution is 2.09. The zero-order chi connectivity index (χ0) is 23.4. The van der Waals surface area contributed by atoms with Crippen molar-refractivity contribution in [3.05, 3.63) is 0 Å². The summed E-state index contributed by atoms with van der Waals surface area (Å²) in [7, 11) is 0. The van der Waals surface area contributed by atoms with Crippen LogP contribution in [0.1, 0.15) is 52.4 Å². The second-order valence-electron chi connectivity index (χ2n) is 8.27. The first kappa shape index (κ1) is 26.8. The average molecular weight is 444 g/mol. The summed E-state index contributed by atoms with van der Waals surface area (Å²) in [4.78, 5) is 49.0. The molecule has 0 radical (unpaired) electrons. The minimum Gasteiger partial charge on any atom is -0.480 e. The van der Waals surface area contributed by atoms with E-state index in [1.54, 1.807) is 0 Å². The van der Waals surface area contributed by atoms with E-state index >= 15 is 0 Å². The van der Waals surface area contributed by atoms with Crippen molar-refractivity contribution < 1.29 is 29.4 Å². The molecule has 0 aliphatic carbocycles. The van der Waals surface area contributed by atoms with Gasteiger partial charge in [-0.2, -0.15) is 0 Å². The van der Waals surface area contributed by atoms with Crippen LogP contribution in [0.3, 0.4) is 0 Å². The monoisotopic (exact) mass is 443 g/mol. The van der Waals surface area contributed by atoms with Crippen LogP contribution in [0, 0.1) is 5.92 Å². The van der Waals surface area contributed by atoms with E-state index in [2.05, 4.69) is 21.3 Å². The molecule has 0 aromatic rings. The zero-order valence-electron chi connectivity index (χ0n) is 18.4. The molecule has 31 heavy (non-hydrogen) atoms. The summed E-state index contributed by atoms with van der Waals surface area (Å²) in [6.07, 6.45) is 3.23. The van der Waals surface area contributed by atoms with Gasteiger partial charge in [0.05, 0.1) is 12.6 Å². The molecule has 0 bridgehead atoms. The summed E-state index contributed by atoms with van der Waals surface area (Å²) in [6, 6.07) is -3.72. The Morgan fingerprint density at radius 2 is 1.68 bits per heavy atom. The molecule has 0 aromatic heterocycles.